The number of likely N-dealkylation sites (N-methyl/N-ethyl adjacent to an activating group) is 1. The van der Waals surface area contributed by atoms with Crippen LogP contribution < -0.4 is 4.74 Å². The zero-order valence-corrected chi connectivity index (χ0v) is 14.0. The summed E-state index contributed by atoms with van der Waals surface area (Å²) in [7, 11) is 3.81. The Kier molecular flexibility index (Phi) is 5.18. The highest BCUT2D eigenvalue weighted by Crippen LogP contribution is 2.22. The fourth-order valence-corrected chi connectivity index (χ4v) is 3.68. The van der Waals surface area contributed by atoms with Crippen molar-refractivity contribution in [2.75, 3.05) is 47.0 Å². The number of carbonyl (C=O) groups is 1. The number of nitrogens with zero attached hydrogens (tertiary/aromatic N) is 2. The summed E-state index contributed by atoms with van der Waals surface area (Å²) in [5, 5.41) is 0. The summed E-state index contributed by atoms with van der Waals surface area (Å²) < 4.78 is 11.1. The Morgan fingerprint density at radius 3 is 2.91 bits per heavy atom. The Bertz CT molecular complexity index is 549. The molecule has 2 atom stereocenters. The molecule has 2 bridgehead atoms. The zero-order chi connectivity index (χ0) is 16.2. The Balaban J connectivity index is 1.65. The van der Waals surface area contributed by atoms with Crippen molar-refractivity contribution in [2.24, 2.45) is 5.92 Å². The van der Waals surface area contributed by atoms with Gasteiger partial charge in [0.2, 0.25) is 5.91 Å². The van der Waals surface area contributed by atoms with Gasteiger partial charge in [0.1, 0.15) is 5.75 Å². The highest BCUT2D eigenvalue weighted by molar-refractivity contribution is 5.77. The average molecular weight is 318 g/mol. The number of fused-ring (bicyclic) bond motifs is 3. The molecular formula is C18H26N2O3. The monoisotopic (exact) mass is 318 g/mol. The molecule has 1 aromatic rings. The van der Waals surface area contributed by atoms with E-state index in [0.29, 0.717) is 25.4 Å². The summed E-state index contributed by atoms with van der Waals surface area (Å²) in [6, 6.07) is 8.10. The number of ether oxygens (including phenoxy) is 2. The maximum atomic E-state index is 12.8. The first-order valence-electron chi connectivity index (χ1n) is 8.35. The second-order valence-electron chi connectivity index (χ2n) is 6.64. The van der Waals surface area contributed by atoms with Crippen molar-refractivity contribution >= 4 is 5.91 Å². The fourth-order valence-electron chi connectivity index (χ4n) is 3.68. The van der Waals surface area contributed by atoms with Crippen LogP contribution in [0.15, 0.2) is 24.3 Å². The van der Waals surface area contributed by atoms with Gasteiger partial charge in [0.15, 0.2) is 0 Å². The number of methoxy groups -OCH3 is 1. The van der Waals surface area contributed by atoms with E-state index in [-0.39, 0.29) is 11.9 Å². The van der Waals surface area contributed by atoms with Gasteiger partial charge in [-0.05, 0) is 25.1 Å². The maximum absolute atomic E-state index is 12.8. The van der Waals surface area contributed by atoms with Gasteiger partial charge in [-0.25, -0.2) is 0 Å². The molecule has 2 fully saturated rings. The van der Waals surface area contributed by atoms with E-state index >= 15 is 0 Å². The summed E-state index contributed by atoms with van der Waals surface area (Å²) in [6.07, 6.45) is 1.24. The number of hydrogen-bond acceptors (Lipinski definition) is 4. The number of para-hydroxylation sites is 1. The van der Waals surface area contributed by atoms with Gasteiger partial charge in [-0.3, -0.25) is 4.79 Å². The largest absolute Gasteiger partial charge is 0.496 e. The third kappa shape index (κ3) is 3.85. The van der Waals surface area contributed by atoms with Crippen molar-refractivity contribution < 1.29 is 14.3 Å². The van der Waals surface area contributed by atoms with Gasteiger partial charge in [-0.1, -0.05) is 18.2 Å². The number of aryl methyl sites for hydroxylation is 1. The van der Waals surface area contributed by atoms with Crippen LogP contribution >= 0.6 is 0 Å². The molecule has 0 radical (unpaired) electrons. The van der Waals surface area contributed by atoms with Crippen LogP contribution in [0.25, 0.3) is 0 Å². The molecule has 2 aliphatic rings. The normalized spacial score (nSPS) is 25.0. The van der Waals surface area contributed by atoms with Crippen LogP contribution in [0, 0.1) is 5.92 Å². The minimum absolute atomic E-state index is 0.178. The third-order valence-electron chi connectivity index (χ3n) is 4.77. The van der Waals surface area contributed by atoms with Crippen LogP contribution in [0.3, 0.4) is 0 Å². The number of carbonyl (C=O) groups excluding carboxylic acids is 1. The van der Waals surface area contributed by atoms with Gasteiger partial charge in [0, 0.05) is 32.0 Å². The Hall–Kier alpha value is -1.59. The standard InChI is InChI=1S/C18H26N2O3/c1-19-9-14-10-20(16(11-19)13-23-12-14)18(21)8-7-15-5-3-4-6-17(15)22-2/h3-6,14,16H,7-13H2,1-2H3/t14-,16-/m0/s1. The molecule has 1 aromatic carbocycles. The highest BCUT2D eigenvalue weighted by atomic mass is 16.5. The third-order valence-corrected chi connectivity index (χ3v) is 4.77. The Morgan fingerprint density at radius 1 is 1.26 bits per heavy atom. The van der Waals surface area contributed by atoms with Crippen molar-refractivity contribution in [3.05, 3.63) is 29.8 Å². The zero-order valence-electron chi connectivity index (χ0n) is 14.0. The SMILES string of the molecule is COc1ccccc1CCC(=O)N1C[C@H]2COC[C@@H]1CN(C)C2. The smallest absolute Gasteiger partial charge is 0.223 e. The highest BCUT2D eigenvalue weighted by Gasteiger charge is 2.34. The van der Waals surface area contributed by atoms with Gasteiger partial charge in [-0.15, -0.1) is 0 Å². The fraction of sp³-hybridized carbons (Fsp3) is 0.611. The lowest BCUT2D eigenvalue weighted by Gasteiger charge is -2.29. The predicted molar refractivity (Wildman–Crippen MR) is 88.6 cm³/mol. The molecule has 126 valence electrons. The molecule has 5 nitrogen and oxygen atoms in total. The molecule has 5 heteroatoms. The molecule has 0 spiro atoms. The summed E-state index contributed by atoms with van der Waals surface area (Å²) in [5.74, 6) is 1.51. The molecule has 0 N–H and O–H groups in total. The van der Waals surface area contributed by atoms with Gasteiger partial charge >= 0.3 is 0 Å². The Morgan fingerprint density at radius 2 is 2.09 bits per heavy atom. The summed E-state index contributed by atoms with van der Waals surface area (Å²) in [6.45, 7) is 4.14. The molecule has 23 heavy (non-hydrogen) atoms. The molecule has 2 aliphatic heterocycles. The lowest BCUT2D eigenvalue weighted by molar-refractivity contribution is -0.133. The summed E-state index contributed by atoms with van der Waals surface area (Å²) >= 11 is 0. The molecule has 0 aliphatic carbocycles. The molecule has 3 rings (SSSR count). The van der Waals surface area contributed by atoms with Crippen LogP contribution in [0.4, 0.5) is 0 Å². The van der Waals surface area contributed by atoms with Gasteiger partial charge in [0.05, 0.1) is 26.4 Å². The van der Waals surface area contributed by atoms with E-state index in [9.17, 15) is 4.79 Å². The number of hydrogen-bond donors (Lipinski definition) is 0. The van der Waals surface area contributed by atoms with Gasteiger partial charge in [0.25, 0.3) is 0 Å². The van der Waals surface area contributed by atoms with Crippen LogP contribution in [-0.2, 0) is 16.0 Å². The van der Waals surface area contributed by atoms with E-state index in [0.717, 1.165) is 37.6 Å². The van der Waals surface area contributed by atoms with Crippen molar-refractivity contribution in [2.45, 2.75) is 18.9 Å². The first kappa shape index (κ1) is 16.3. The molecule has 0 unspecified atom stereocenters. The first-order chi connectivity index (χ1) is 11.2. The predicted octanol–water partition coefficient (Wildman–Crippen LogP) is 1.42. The van der Waals surface area contributed by atoms with E-state index in [1.165, 1.54) is 0 Å². The van der Waals surface area contributed by atoms with Crippen LogP contribution in [-0.4, -0.2) is 68.8 Å². The van der Waals surface area contributed by atoms with Crippen molar-refractivity contribution in [3.8, 4) is 5.75 Å². The second-order valence-corrected chi connectivity index (χ2v) is 6.64. The van der Waals surface area contributed by atoms with Crippen LogP contribution in [0.5, 0.6) is 5.75 Å². The molecule has 2 heterocycles. The number of benzene rings is 1. The molecule has 0 saturated carbocycles. The minimum Gasteiger partial charge on any atom is -0.496 e. The lowest BCUT2D eigenvalue weighted by Crippen LogP contribution is -2.46. The van der Waals surface area contributed by atoms with Gasteiger partial charge < -0.3 is 19.3 Å². The van der Waals surface area contributed by atoms with E-state index in [1.807, 2.05) is 24.3 Å². The number of rotatable bonds is 4. The molecule has 0 aromatic heterocycles. The first-order valence-corrected chi connectivity index (χ1v) is 8.35. The topological polar surface area (TPSA) is 42.0 Å². The molecular weight excluding hydrogens is 292 g/mol. The average Bonchev–Trinajstić information content (AvgIpc) is 2.83. The van der Waals surface area contributed by atoms with E-state index in [1.54, 1.807) is 7.11 Å². The summed E-state index contributed by atoms with van der Waals surface area (Å²) in [5.41, 5.74) is 1.09. The van der Waals surface area contributed by atoms with Crippen molar-refractivity contribution in [1.82, 2.24) is 9.80 Å². The van der Waals surface area contributed by atoms with Crippen LogP contribution in [0.1, 0.15) is 12.0 Å². The van der Waals surface area contributed by atoms with Gasteiger partial charge in [-0.2, -0.15) is 0 Å². The van der Waals surface area contributed by atoms with E-state index in [4.69, 9.17) is 9.47 Å². The van der Waals surface area contributed by atoms with E-state index in [2.05, 4.69) is 16.8 Å². The molecule has 2 saturated heterocycles. The minimum atomic E-state index is 0.178. The second kappa shape index (κ2) is 7.32. The van der Waals surface area contributed by atoms with Crippen molar-refractivity contribution in [3.63, 3.8) is 0 Å². The number of amides is 1. The maximum Gasteiger partial charge on any atom is 0.223 e. The van der Waals surface area contributed by atoms with E-state index < -0.39 is 0 Å². The Labute approximate surface area is 138 Å². The van der Waals surface area contributed by atoms with Crippen molar-refractivity contribution in [1.29, 1.82) is 0 Å². The lowest BCUT2D eigenvalue weighted by atomic mass is 10.1. The van der Waals surface area contributed by atoms with Crippen LogP contribution in [0.2, 0.25) is 0 Å². The quantitative estimate of drug-likeness (QED) is 0.842. The molecule has 1 amide bonds. The summed E-state index contributed by atoms with van der Waals surface area (Å²) in [4.78, 5) is 17.2.